The van der Waals surface area contributed by atoms with Gasteiger partial charge in [-0.25, -0.2) is 0 Å². The Hall–Kier alpha value is -2.98. The molecule has 1 amide bonds. The van der Waals surface area contributed by atoms with Crippen LogP contribution in [0, 0.1) is 0 Å². The molecular formula is C19H20N4O4S2. The third-order valence-electron chi connectivity index (χ3n) is 3.76. The number of nitrogens with one attached hydrogen (secondary N) is 2. The van der Waals surface area contributed by atoms with Gasteiger partial charge in [0.2, 0.25) is 11.0 Å². The molecule has 0 spiro atoms. The Balaban J connectivity index is 1.54. The molecule has 0 radical (unpaired) electrons. The largest absolute Gasteiger partial charge is 0.497 e. The third-order valence-corrected chi connectivity index (χ3v) is 5.73. The molecule has 2 N–H and O–H groups in total. The summed E-state index contributed by atoms with van der Waals surface area (Å²) in [4.78, 5) is 12.3. The number of hydrogen-bond acceptors (Lipinski definition) is 9. The number of carbonyl (C=O) groups excluding carboxylic acids is 1. The molecule has 0 saturated carbocycles. The SMILES string of the molecule is COc1ccc(Nc2nnc(SCC(=O)Nc3cc(OC)ccc3OC)s2)cc1. The van der Waals surface area contributed by atoms with Gasteiger partial charge in [-0.3, -0.25) is 4.79 Å². The van der Waals surface area contributed by atoms with Gasteiger partial charge in [0.1, 0.15) is 17.2 Å². The average molecular weight is 433 g/mol. The molecule has 1 heterocycles. The number of anilines is 3. The maximum Gasteiger partial charge on any atom is 0.234 e. The molecule has 8 nitrogen and oxygen atoms in total. The zero-order valence-corrected chi connectivity index (χ0v) is 17.7. The van der Waals surface area contributed by atoms with E-state index in [4.69, 9.17) is 14.2 Å². The molecule has 0 fully saturated rings. The van der Waals surface area contributed by atoms with E-state index in [2.05, 4.69) is 20.8 Å². The summed E-state index contributed by atoms with van der Waals surface area (Å²) in [6, 6.07) is 12.7. The second kappa shape index (κ2) is 9.99. The van der Waals surface area contributed by atoms with Gasteiger partial charge in [0.25, 0.3) is 0 Å². The van der Waals surface area contributed by atoms with Crippen LogP contribution in [0.3, 0.4) is 0 Å². The van der Waals surface area contributed by atoms with E-state index in [0.717, 1.165) is 11.4 Å². The van der Waals surface area contributed by atoms with Crippen LogP contribution in [0.5, 0.6) is 17.2 Å². The van der Waals surface area contributed by atoms with E-state index >= 15 is 0 Å². The molecule has 29 heavy (non-hydrogen) atoms. The lowest BCUT2D eigenvalue weighted by Crippen LogP contribution is -2.14. The van der Waals surface area contributed by atoms with Gasteiger partial charge in [0, 0.05) is 11.8 Å². The number of hydrogen-bond donors (Lipinski definition) is 2. The lowest BCUT2D eigenvalue weighted by Gasteiger charge is -2.11. The quantitative estimate of drug-likeness (QED) is 0.489. The number of amides is 1. The van der Waals surface area contributed by atoms with Crippen LogP contribution in [0.15, 0.2) is 46.8 Å². The van der Waals surface area contributed by atoms with Gasteiger partial charge in [-0.1, -0.05) is 23.1 Å². The van der Waals surface area contributed by atoms with Gasteiger partial charge < -0.3 is 24.8 Å². The summed E-state index contributed by atoms with van der Waals surface area (Å²) in [7, 11) is 4.73. The molecule has 0 aliphatic rings. The van der Waals surface area contributed by atoms with E-state index < -0.39 is 0 Å². The fourth-order valence-corrected chi connectivity index (χ4v) is 3.91. The molecule has 0 unspecified atom stereocenters. The van der Waals surface area contributed by atoms with Crippen LogP contribution in [0.4, 0.5) is 16.5 Å². The van der Waals surface area contributed by atoms with Crippen LogP contribution in [-0.2, 0) is 4.79 Å². The van der Waals surface area contributed by atoms with Crippen molar-refractivity contribution in [2.45, 2.75) is 4.34 Å². The highest BCUT2D eigenvalue weighted by Crippen LogP contribution is 2.31. The van der Waals surface area contributed by atoms with Crippen LogP contribution >= 0.6 is 23.1 Å². The summed E-state index contributed by atoms with van der Waals surface area (Å²) < 4.78 is 16.3. The maximum absolute atomic E-state index is 12.3. The predicted octanol–water partition coefficient (Wildman–Crippen LogP) is 4.04. The summed E-state index contributed by atoms with van der Waals surface area (Å²) in [6.45, 7) is 0. The number of rotatable bonds is 9. The number of carbonyl (C=O) groups is 1. The number of benzene rings is 2. The summed E-state index contributed by atoms with van der Waals surface area (Å²) in [5, 5.41) is 14.9. The predicted molar refractivity (Wildman–Crippen MR) is 115 cm³/mol. The lowest BCUT2D eigenvalue weighted by molar-refractivity contribution is -0.113. The molecule has 10 heteroatoms. The first-order valence-electron chi connectivity index (χ1n) is 8.50. The Morgan fingerprint density at radius 1 is 1.00 bits per heavy atom. The third kappa shape index (κ3) is 5.75. The van der Waals surface area contributed by atoms with Crippen molar-refractivity contribution in [3.8, 4) is 17.2 Å². The molecule has 0 aliphatic carbocycles. The van der Waals surface area contributed by atoms with E-state index in [9.17, 15) is 4.79 Å². The van der Waals surface area contributed by atoms with Gasteiger partial charge in [0.05, 0.1) is 32.8 Å². The topological polar surface area (TPSA) is 94.6 Å². The first-order valence-corrected chi connectivity index (χ1v) is 10.3. The Morgan fingerprint density at radius 3 is 2.41 bits per heavy atom. The zero-order chi connectivity index (χ0) is 20.6. The lowest BCUT2D eigenvalue weighted by atomic mass is 10.2. The molecular weight excluding hydrogens is 412 g/mol. The zero-order valence-electron chi connectivity index (χ0n) is 16.1. The Kier molecular flexibility index (Phi) is 7.14. The minimum atomic E-state index is -0.179. The summed E-state index contributed by atoms with van der Waals surface area (Å²) in [5.41, 5.74) is 1.43. The standard InChI is InChI=1S/C19H20N4O4S2/c1-25-13-6-4-12(5-7-13)20-18-22-23-19(29-18)28-11-17(24)21-15-10-14(26-2)8-9-16(15)27-3/h4-10H,11H2,1-3H3,(H,20,22)(H,21,24). The number of ether oxygens (including phenoxy) is 3. The second-order valence-corrected chi connectivity index (χ2v) is 7.83. The summed E-state index contributed by atoms with van der Waals surface area (Å²) in [5.74, 6) is 1.99. The van der Waals surface area contributed by atoms with Gasteiger partial charge in [0.15, 0.2) is 4.34 Å². The molecule has 0 saturated heterocycles. The Morgan fingerprint density at radius 2 is 1.72 bits per heavy atom. The van der Waals surface area contributed by atoms with Crippen molar-refractivity contribution < 1.29 is 19.0 Å². The van der Waals surface area contributed by atoms with Crippen molar-refractivity contribution in [3.05, 3.63) is 42.5 Å². The van der Waals surface area contributed by atoms with Crippen molar-refractivity contribution >= 4 is 45.5 Å². The Bertz CT molecular complexity index is 963. The van der Waals surface area contributed by atoms with E-state index in [-0.39, 0.29) is 11.7 Å². The van der Waals surface area contributed by atoms with Crippen LogP contribution in [0.25, 0.3) is 0 Å². The number of aromatic nitrogens is 2. The van der Waals surface area contributed by atoms with Crippen LogP contribution in [0.2, 0.25) is 0 Å². The van der Waals surface area contributed by atoms with Crippen molar-refractivity contribution in [2.75, 3.05) is 37.7 Å². The van der Waals surface area contributed by atoms with Crippen molar-refractivity contribution in [1.29, 1.82) is 0 Å². The molecule has 0 aliphatic heterocycles. The normalized spacial score (nSPS) is 10.3. The van der Waals surface area contributed by atoms with Crippen molar-refractivity contribution in [1.82, 2.24) is 10.2 Å². The second-order valence-electron chi connectivity index (χ2n) is 5.63. The van der Waals surface area contributed by atoms with E-state index in [1.165, 1.54) is 23.1 Å². The fraction of sp³-hybridized carbons (Fsp3) is 0.211. The number of thioether (sulfide) groups is 1. The van der Waals surface area contributed by atoms with Gasteiger partial charge in [-0.05, 0) is 36.4 Å². The van der Waals surface area contributed by atoms with Gasteiger partial charge in [-0.15, -0.1) is 10.2 Å². The Labute approximate surface area is 176 Å². The van der Waals surface area contributed by atoms with Crippen molar-refractivity contribution in [2.24, 2.45) is 0 Å². The molecule has 152 valence electrons. The summed E-state index contributed by atoms with van der Waals surface area (Å²) >= 11 is 2.68. The molecule has 1 aromatic heterocycles. The monoisotopic (exact) mass is 432 g/mol. The molecule has 0 bridgehead atoms. The minimum Gasteiger partial charge on any atom is -0.497 e. The highest BCUT2D eigenvalue weighted by Gasteiger charge is 2.12. The smallest absolute Gasteiger partial charge is 0.234 e. The minimum absolute atomic E-state index is 0.179. The van der Waals surface area contributed by atoms with Crippen LogP contribution < -0.4 is 24.8 Å². The van der Waals surface area contributed by atoms with Gasteiger partial charge >= 0.3 is 0 Å². The summed E-state index contributed by atoms with van der Waals surface area (Å²) in [6.07, 6.45) is 0. The fourth-order valence-electron chi connectivity index (χ4n) is 2.34. The molecule has 3 rings (SSSR count). The molecule has 0 atom stereocenters. The highest BCUT2D eigenvalue weighted by molar-refractivity contribution is 8.01. The van der Waals surface area contributed by atoms with E-state index in [0.29, 0.717) is 26.7 Å². The van der Waals surface area contributed by atoms with Crippen LogP contribution in [-0.4, -0.2) is 43.2 Å². The van der Waals surface area contributed by atoms with Crippen molar-refractivity contribution in [3.63, 3.8) is 0 Å². The van der Waals surface area contributed by atoms with Crippen LogP contribution in [0.1, 0.15) is 0 Å². The average Bonchev–Trinajstić information content (AvgIpc) is 3.20. The number of nitrogens with zero attached hydrogens (tertiary/aromatic N) is 2. The van der Waals surface area contributed by atoms with E-state index in [1.54, 1.807) is 39.5 Å². The first kappa shape index (κ1) is 20.7. The van der Waals surface area contributed by atoms with E-state index in [1.807, 2.05) is 24.3 Å². The van der Waals surface area contributed by atoms with Gasteiger partial charge in [-0.2, -0.15) is 0 Å². The highest BCUT2D eigenvalue weighted by atomic mass is 32.2. The first-order chi connectivity index (χ1) is 14.1. The number of methoxy groups -OCH3 is 3. The molecule has 2 aromatic carbocycles. The molecule has 3 aromatic rings. The maximum atomic E-state index is 12.3.